The maximum atomic E-state index is 12.8. The first-order valence-electron chi connectivity index (χ1n) is 8.23. The highest BCUT2D eigenvalue weighted by atomic mass is 16.5. The molecule has 0 saturated carbocycles. The predicted octanol–water partition coefficient (Wildman–Crippen LogP) is 3.10. The topological polar surface area (TPSA) is 66.4 Å². The molecule has 0 unspecified atom stereocenters. The molecule has 6 heteroatoms. The first-order chi connectivity index (χ1) is 11.9. The smallest absolute Gasteiger partial charge is 0.408 e. The molecule has 0 spiro atoms. The van der Waals surface area contributed by atoms with Gasteiger partial charge in [0.2, 0.25) is 0 Å². The number of benzene rings is 1. The number of hydrogen-bond donors (Lipinski definition) is 0. The Labute approximate surface area is 145 Å². The zero-order chi connectivity index (χ0) is 18.1. The Balaban J connectivity index is 1.95. The van der Waals surface area contributed by atoms with Gasteiger partial charge in [-0.05, 0) is 39.0 Å². The minimum atomic E-state index is -0.517. The number of ketones is 1. The number of hydrogen-bond acceptors (Lipinski definition) is 4. The fourth-order valence-electron chi connectivity index (χ4n) is 3.45. The minimum Gasteiger partial charge on any atom is -0.408 e. The molecule has 0 bridgehead atoms. The summed E-state index contributed by atoms with van der Waals surface area (Å²) in [6.45, 7) is 6.46. The van der Waals surface area contributed by atoms with Gasteiger partial charge in [0.25, 0.3) is 0 Å². The number of ether oxygens (including phenoxy) is 1. The van der Waals surface area contributed by atoms with Gasteiger partial charge in [0.1, 0.15) is 0 Å². The van der Waals surface area contributed by atoms with Crippen molar-refractivity contribution in [2.24, 2.45) is 0 Å². The molecule has 0 radical (unpaired) electrons. The van der Waals surface area contributed by atoms with Crippen molar-refractivity contribution in [2.75, 3.05) is 13.7 Å². The highest BCUT2D eigenvalue weighted by Gasteiger charge is 2.20. The third kappa shape index (κ3) is 3.05. The van der Waals surface area contributed by atoms with E-state index in [4.69, 9.17) is 9.15 Å². The monoisotopic (exact) mass is 342 g/mol. The van der Waals surface area contributed by atoms with E-state index in [0.717, 1.165) is 11.4 Å². The predicted molar refractivity (Wildman–Crippen MR) is 95.3 cm³/mol. The van der Waals surface area contributed by atoms with E-state index in [1.807, 2.05) is 32.9 Å². The molecule has 0 amide bonds. The number of nitrogens with zero attached hydrogens (tertiary/aromatic N) is 2. The van der Waals surface area contributed by atoms with Crippen molar-refractivity contribution < 1.29 is 13.9 Å². The van der Waals surface area contributed by atoms with E-state index in [2.05, 4.69) is 4.57 Å². The summed E-state index contributed by atoms with van der Waals surface area (Å²) in [5.74, 6) is -0.631. The van der Waals surface area contributed by atoms with Crippen LogP contribution in [0.2, 0.25) is 0 Å². The Hall–Kier alpha value is -2.60. The van der Waals surface area contributed by atoms with Crippen molar-refractivity contribution in [2.45, 2.75) is 33.4 Å². The van der Waals surface area contributed by atoms with Gasteiger partial charge in [-0.15, -0.1) is 0 Å². The average molecular weight is 342 g/mol. The van der Waals surface area contributed by atoms with Crippen LogP contribution in [0.1, 0.15) is 34.7 Å². The molecule has 3 aromatic rings. The van der Waals surface area contributed by atoms with Crippen molar-refractivity contribution in [1.29, 1.82) is 0 Å². The second-order valence-corrected chi connectivity index (χ2v) is 6.30. The van der Waals surface area contributed by atoms with Crippen LogP contribution in [0, 0.1) is 13.8 Å². The van der Waals surface area contributed by atoms with Crippen molar-refractivity contribution in [3.05, 3.63) is 57.8 Å². The first-order valence-corrected chi connectivity index (χ1v) is 8.23. The third-order valence-electron chi connectivity index (χ3n) is 4.51. The minimum absolute atomic E-state index is 0.0429. The Morgan fingerprint density at radius 1 is 1.28 bits per heavy atom. The van der Waals surface area contributed by atoms with Gasteiger partial charge < -0.3 is 13.7 Å². The van der Waals surface area contributed by atoms with E-state index in [9.17, 15) is 9.59 Å². The molecule has 2 heterocycles. The Morgan fingerprint density at radius 2 is 2.00 bits per heavy atom. The van der Waals surface area contributed by atoms with E-state index in [0.29, 0.717) is 23.3 Å². The Kier molecular flexibility index (Phi) is 4.63. The van der Waals surface area contributed by atoms with Crippen molar-refractivity contribution in [3.8, 4) is 0 Å². The first kappa shape index (κ1) is 17.2. The summed E-state index contributed by atoms with van der Waals surface area (Å²) >= 11 is 0. The number of aryl methyl sites for hydroxylation is 1. The van der Waals surface area contributed by atoms with Crippen LogP contribution in [0.15, 0.2) is 39.5 Å². The largest absolute Gasteiger partial charge is 0.420 e. The number of Topliss-reactive ketones (excluding diaryl/α,β-unsaturated/α-hetero) is 1. The number of methoxy groups -OCH3 is 1. The van der Waals surface area contributed by atoms with E-state index in [-0.39, 0.29) is 18.4 Å². The summed E-state index contributed by atoms with van der Waals surface area (Å²) in [6, 6.07) is 9.10. The summed E-state index contributed by atoms with van der Waals surface area (Å²) in [5.41, 5.74) is 3.61. The van der Waals surface area contributed by atoms with Crippen LogP contribution < -0.4 is 5.76 Å². The lowest BCUT2D eigenvalue weighted by Gasteiger charge is -2.17. The van der Waals surface area contributed by atoms with Gasteiger partial charge in [0.05, 0.1) is 24.7 Å². The number of carbonyl (C=O) groups is 1. The lowest BCUT2D eigenvalue weighted by atomic mass is 10.1. The van der Waals surface area contributed by atoms with Gasteiger partial charge in [-0.3, -0.25) is 9.36 Å². The molecule has 0 aliphatic carbocycles. The molecule has 1 atom stereocenters. The van der Waals surface area contributed by atoms with Crippen molar-refractivity contribution >= 4 is 16.9 Å². The molecular weight excluding hydrogens is 320 g/mol. The molecule has 1 aromatic carbocycles. The van der Waals surface area contributed by atoms with E-state index in [1.54, 1.807) is 25.3 Å². The number of para-hydroxylation sites is 2. The van der Waals surface area contributed by atoms with Gasteiger partial charge >= 0.3 is 5.76 Å². The molecule has 0 saturated heterocycles. The summed E-state index contributed by atoms with van der Waals surface area (Å²) < 4.78 is 13.9. The van der Waals surface area contributed by atoms with Crippen molar-refractivity contribution in [1.82, 2.24) is 9.13 Å². The van der Waals surface area contributed by atoms with Gasteiger partial charge in [-0.25, -0.2) is 4.79 Å². The van der Waals surface area contributed by atoms with Crippen LogP contribution in [0.25, 0.3) is 11.1 Å². The Bertz CT molecular complexity index is 977. The number of carbonyl (C=O) groups excluding carboxylic acids is 1. The second-order valence-electron chi connectivity index (χ2n) is 6.30. The van der Waals surface area contributed by atoms with Crippen LogP contribution in [0.3, 0.4) is 0 Å². The molecule has 3 rings (SSSR count). The lowest BCUT2D eigenvalue weighted by molar-refractivity contribution is 0.0969. The number of rotatable bonds is 6. The fraction of sp³-hybridized carbons (Fsp3) is 0.368. The quantitative estimate of drug-likeness (QED) is 0.646. The van der Waals surface area contributed by atoms with Crippen molar-refractivity contribution in [3.63, 3.8) is 0 Å². The molecule has 0 fully saturated rings. The van der Waals surface area contributed by atoms with E-state index < -0.39 is 5.76 Å². The second kappa shape index (κ2) is 6.72. The summed E-state index contributed by atoms with van der Waals surface area (Å²) in [6.07, 6.45) is 0. The van der Waals surface area contributed by atoms with E-state index in [1.165, 1.54) is 4.57 Å². The number of aromatic nitrogens is 2. The highest BCUT2D eigenvalue weighted by molar-refractivity contribution is 5.98. The molecule has 6 nitrogen and oxygen atoms in total. The van der Waals surface area contributed by atoms with Crippen LogP contribution in [-0.2, 0) is 11.3 Å². The summed E-state index contributed by atoms with van der Waals surface area (Å²) in [5, 5.41) is 0. The number of fused-ring (bicyclic) bond motifs is 1. The van der Waals surface area contributed by atoms with E-state index >= 15 is 0 Å². The SMILES string of the molecule is COC[C@@H](C)n1c(C)cc(C(=O)Cn2c(=O)oc3ccccc32)c1C. The van der Waals surface area contributed by atoms with Gasteiger partial charge in [-0.1, -0.05) is 12.1 Å². The van der Waals surface area contributed by atoms with Gasteiger partial charge in [0.15, 0.2) is 11.4 Å². The normalized spacial score (nSPS) is 12.6. The molecule has 2 aromatic heterocycles. The zero-order valence-electron chi connectivity index (χ0n) is 14.9. The molecule has 132 valence electrons. The fourth-order valence-corrected chi connectivity index (χ4v) is 3.45. The Morgan fingerprint density at radius 3 is 2.72 bits per heavy atom. The van der Waals surface area contributed by atoms with Gasteiger partial charge in [-0.2, -0.15) is 0 Å². The standard InChI is InChI=1S/C19H22N2O4/c1-12-9-15(14(3)21(12)13(2)11-24-4)17(22)10-20-16-7-5-6-8-18(16)25-19(20)23/h5-9,13H,10-11H2,1-4H3/t13-/m1/s1. The highest BCUT2D eigenvalue weighted by Crippen LogP contribution is 2.22. The lowest BCUT2D eigenvalue weighted by Crippen LogP contribution is -2.21. The maximum Gasteiger partial charge on any atom is 0.420 e. The molecule has 0 N–H and O–H groups in total. The zero-order valence-corrected chi connectivity index (χ0v) is 14.9. The van der Waals surface area contributed by atoms with Crippen LogP contribution >= 0.6 is 0 Å². The summed E-state index contributed by atoms with van der Waals surface area (Å²) in [4.78, 5) is 24.9. The molecule has 0 aliphatic rings. The third-order valence-corrected chi connectivity index (χ3v) is 4.51. The molecule has 0 aliphatic heterocycles. The van der Waals surface area contributed by atoms with Crippen LogP contribution in [0.5, 0.6) is 0 Å². The maximum absolute atomic E-state index is 12.8. The summed E-state index contributed by atoms with van der Waals surface area (Å²) in [7, 11) is 1.66. The van der Waals surface area contributed by atoms with Crippen LogP contribution in [-0.4, -0.2) is 28.6 Å². The average Bonchev–Trinajstić information content (AvgIpc) is 3.04. The molecular formula is C19H22N2O4. The molecule has 25 heavy (non-hydrogen) atoms. The van der Waals surface area contributed by atoms with Gasteiger partial charge in [0, 0.05) is 24.1 Å². The van der Waals surface area contributed by atoms with Crippen LogP contribution in [0.4, 0.5) is 0 Å². The number of oxazole rings is 1.